The van der Waals surface area contributed by atoms with Crippen LogP contribution >= 0.6 is 0 Å². The monoisotopic (exact) mass is 317 g/mol. The maximum atomic E-state index is 12.9. The predicted molar refractivity (Wildman–Crippen MR) is 79.3 cm³/mol. The smallest absolute Gasteiger partial charge is 0.449 e. The fourth-order valence-corrected chi connectivity index (χ4v) is 2.34. The predicted octanol–water partition coefficient (Wildman–Crippen LogP) is 5.68. The van der Waals surface area contributed by atoms with Gasteiger partial charge in [0, 0.05) is 5.39 Å². The first-order valence-electron chi connectivity index (χ1n) is 6.62. The maximum absolute atomic E-state index is 12.9. The highest BCUT2D eigenvalue weighted by Gasteiger charge is 2.35. The molecule has 0 unspecified atom stereocenters. The molecule has 1 aromatic heterocycles. The SMILES string of the molecule is [C-]#[N+]c1cc(-c2ccc(C)c(O)c2)c2cc(C(F)(F)F)oc2c1. The molecule has 3 nitrogen and oxygen atoms in total. The fraction of sp³-hybridized carbons (Fsp3) is 0.118. The topological polar surface area (TPSA) is 37.7 Å². The number of phenolic OH excluding ortho intramolecular Hbond substituents is 1. The van der Waals surface area contributed by atoms with Crippen LogP contribution in [-0.2, 0) is 6.18 Å². The van der Waals surface area contributed by atoms with Crippen molar-refractivity contribution in [3.63, 3.8) is 0 Å². The van der Waals surface area contributed by atoms with Crippen molar-refractivity contribution in [1.29, 1.82) is 0 Å². The van der Waals surface area contributed by atoms with Gasteiger partial charge in [-0.05, 0) is 47.9 Å². The van der Waals surface area contributed by atoms with Crippen molar-refractivity contribution in [2.24, 2.45) is 0 Å². The van der Waals surface area contributed by atoms with Gasteiger partial charge >= 0.3 is 6.18 Å². The molecule has 0 aliphatic carbocycles. The summed E-state index contributed by atoms with van der Waals surface area (Å²) >= 11 is 0. The average molecular weight is 317 g/mol. The van der Waals surface area contributed by atoms with Crippen LogP contribution in [0.1, 0.15) is 11.3 Å². The number of halogens is 3. The van der Waals surface area contributed by atoms with Crippen LogP contribution in [0.3, 0.4) is 0 Å². The standard InChI is InChI=1S/C17H10F3NO2/c1-9-3-4-10(5-14(9)22)12-6-11(21-2)7-15-13(12)8-16(23-15)17(18,19)20/h3-8,22H,1H3. The summed E-state index contributed by atoms with van der Waals surface area (Å²) in [6, 6.07) is 8.46. The number of hydrogen-bond acceptors (Lipinski definition) is 2. The number of fused-ring (bicyclic) bond motifs is 1. The van der Waals surface area contributed by atoms with Crippen molar-refractivity contribution >= 4 is 16.7 Å². The maximum Gasteiger partial charge on any atom is 0.449 e. The summed E-state index contributed by atoms with van der Waals surface area (Å²) in [5.74, 6) is -1.09. The highest BCUT2D eigenvalue weighted by molar-refractivity contribution is 5.97. The number of furan rings is 1. The molecule has 0 spiro atoms. The van der Waals surface area contributed by atoms with Crippen LogP contribution in [0.25, 0.3) is 26.9 Å². The number of phenols is 1. The van der Waals surface area contributed by atoms with E-state index in [1.165, 1.54) is 18.2 Å². The van der Waals surface area contributed by atoms with Gasteiger partial charge in [0.25, 0.3) is 0 Å². The summed E-state index contributed by atoms with van der Waals surface area (Å²) in [6.07, 6.45) is -4.61. The molecular weight excluding hydrogens is 307 g/mol. The molecule has 1 N–H and O–H groups in total. The van der Waals surface area contributed by atoms with Crippen LogP contribution in [0, 0.1) is 13.5 Å². The van der Waals surface area contributed by atoms with E-state index in [1.807, 2.05) is 0 Å². The van der Waals surface area contributed by atoms with Crippen molar-refractivity contribution in [2.45, 2.75) is 13.1 Å². The number of aromatic hydroxyl groups is 1. The average Bonchev–Trinajstić information content (AvgIpc) is 2.93. The fourth-order valence-electron chi connectivity index (χ4n) is 2.34. The minimum Gasteiger partial charge on any atom is -0.508 e. The molecule has 0 aliphatic rings. The molecule has 0 saturated carbocycles. The molecule has 0 atom stereocenters. The minimum atomic E-state index is -4.61. The number of benzene rings is 2. The lowest BCUT2D eigenvalue weighted by Gasteiger charge is -2.06. The number of alkyl halides is 3. The zero-order chi connectivity index (χ0) is 16.8. The third-order valence-electron chi connectivity index (χ3n) is 3.55. The molecular formula is C17H10F3NO2. The lowest BCUT2D eigenvalue weighted by Crippen LogP contribution is -2.01. The van der Waals surface area contributed by atoms with Crippen LogP contribution in [0.2, 0.25) is 0 Å². The van der Waals surface area contributed by atoms with Crippen LogP contribution in [0.15, 0.2) is 40.8 Å². The van der Waals surface area contributed by atoms with E-state index < -0.39 is 11.9 Å². The molecule has 0 amide bonds. The van der Waals surface area contributed by atoms with Crippen molar-refractivity contribution in [3.05, 3.63) is 59.1 Å². The Morgan fingerprint density at radius 2 is 1.87 bits per heavy atom. The molecule has 6 heteroatoms. The third-order valence-corrected chi connectivity index (χ3v) is 3.55. The van der Waals surface area contributed by atoms with Crippen molar-refractivity contribution in [2.75, 3.05) is 0 Å². The molecule has 0 aliphatic heterocycles. The highest BCUT2D eigenvalue weighted by atomic mass is 19.4. The quantitative estimate of drug-likeness (QED) is 0.586. The van der Waals surface area contributed by atoms with E-state index in [4.69, 9.17) is 11.0 Å². The summed E-state index contributed by atoms with van der Waals surface area (Å²) in [7, 11) is 0. The Hall–Kier alpha value is -2.94. The molecule has 0 bridgehead atoms. The molecule has 1 heterocycles. The lowest BCUT2D eigenvalue weighted by atomic mass is 9.99. The number of nitrogens with zero attached hydrogens (tertiary/aromatic N) is 1. The van der Waals surface area contributed by atoms with Gasteiger partial charge in [-0.2, -0.15) is 13.2 Å². The minimum absolute atomic E-state index is 0.0131. The van der Waals surface area contributed by atoms with Gasteiger partial charge in [0.05, 0.1) is 6.57 Å². The Morgan fingerprint density at radius 1 is 1.13 bits per heavy atom. The van der Waals surface area contributed by atoms with Gasteiger partial charge in [0.15, 0.2) is 5.69 Å². The largest absolute Gasteiger partial charge is 0.508 e. The van der Waals surface area contributed by atoms with E-state index in [9.17, 15) is 18.3 Å². The number of hydrogen-bond donors (Lipinski definition) is 1. The van der Waals surface area contributed by atoms with Crippen LogP contribution in [-0.4, -0.2) is 5.11 Å². The third kappa shape index (κ3) is 2.61. The van der Waals surface area contributed by atoms with E-state index in [0.717, 1.165) is 6.07 Å². The highest BCUT2D eigenvalue weighted by Crippen LogP contribution is 2.40. The van der Waals surface area contributed by atoms with Gasteiger partial charge in [-0.25, -0.2) is 4.85 Å². The number of aryl methyl sites for hydroxylation is 1. The molecule has 23 heavy (non-hydrogen) atoms. The summed E-state index contributed by atoms with van der Waals surface area (Å²) < 4.78 is 43.5. The molecule has 0 radical (unpaired) electrons. The molecule has 116 valence electrons. The Morgan fingerprint density at radius 3 is 2.48 bits per heavy atom. The molecule has 2 aromatic carbocycles. The Kier molecular flexibility index (Phi) is 3.29. The van der Waals surface area contributed by atoms with Crippen LogP contribution < -0.4 is 0 Å². The van der Waals surface area contributed by atoms with Crippen molar-refractivity contribution < 1.29 is 22.7 Å². The summed E-state index contributed by atoms with van der Waals surface area (Å²) in [4.78, 5) is 3.26. The van der Waals surface area contributed by atoms with E-state index in [-0.39, 0.29) is 22.4 Å². The molecule has 3 aromatic rings. The molecule has 0 fully saturated rings. The van der Waals surface area contributed by atoms with Crippen molar-refractivity contribution in [3.8, 4) is 16.9 Å². The number of rotatable bonds is 1. The zero-order valence-corrected chi connectivity index (χ0v) is 11.9. The zero-order valence-electron chi connectivity index (χ0n) is 11.9. The van der Waals surface area contributed by atoms with E-state index in [0.29, 0.717) is 16.7 Å². The summed E-state index contributed by atoms with van der Waals surface area (Å²) in [5.41, 5.74) is 1.72. The van der Waals surface area contributed by atoms with Crippen LogP contribution in [0.5, 0.6) is 5.75 Å². The van der Waals surface area contributed by atoms with E-state index >= 15 is 0 Å². The van der Waals surface area contributed by atoms with Gasteiger partial charge in [-0.3, -0.25) is 0 Å². The Balaban J connectivity index is 2.32. The first-order valence-corrected chi connectivity index (χ1v) is 6.62. The van der Waals surface area contributed by atoms with Gasteiger partial charge in [0.2, 0.25) is 5.76 Å². The second-order valence-electron chi connectivity index (χ2n) is 5.13. The first-order chi connectivity index (χ1) is 10.8. The second kappa shape index (κ2) is 5.06. The Bertz CT molecular complexity index is 949. The van der Waals surface area contributed by atoms with Gasteiger partial charge in [-0.15, -0.1) is 0 Å². The summed E-state index contributed by atoms with van der Waals surface area (Å²) in [6.45, 7) is 8.81. The second-order valence-corrected chi connectivity index (χ2v) is 5.13. The van der Waals surface area contributed by atoms with Crippen molar-refractivity contribution in [1.82, 2.24) is 0 Å². The van der Waals surface area contributed by atoms with Crippen LogP contribution in [0.4, 0.5) is 18.9 Å². The van der Waals surface area contributed by atoms with Gasteiger partial charge in [-0.1, -0.05) is 12.1 Å². The molecule has 3 rings (SSSR count). The van der Waals surface area contributed by atoms with E-state index in [2.05, 4.69) is 4.85 Å². The normalized spacial score (nSPS) is 11.6. The summed E-state index contributed by atoms with van der Waals surface area (Å²) in [5, 5.41) is 10.1. The Labute approximate surface area is 129 Å². The van der Waals surface area contributed by atoms with Gasteiger partial charge in [0.1, 0.15) is 11.3 Å². The van der Waals surface area contributed by atoms with Gasteiger partial charge < -0.3 is 9.52 Å². The lowest BCUT2D eigenvalue weighted by molar-refractivity contribution is -0.152. The molecule has 0 saturated heterocycles. The first kappa shape index (κ1) is 15.0. The van der Waals surface area contributed by atoms with E-state index in [1.54, 1.807) is 19.1 Å².